The van der Waals surface area contributed by atoms with Crippen LogP contribution < -0.4 is 5.32 Å². The lowest BCUT2D eigenvalue weighted by Gasteiger charge is -2.34. The molecule has 9 heteroatoms. The van der Waals surface area contributed by atoms with Crippen LogP contribution in [0.2, 0.25) is 0 Å². The summed E-state index contributed by atoms with van der Waals surface area (Å²) in [7, 11) is 3.38. The van der Waals surface area contributed by atoms with E-state index in [1.54, 1.807) is 14.2 Å². The number of guanidine groups is 1. The average molecular weight is 359 g/mol. The smallest absolute Gasteiger partial charge is 0.319 e. The second kappa shape index (κ2) is 10.3. The Labute approximate surface area is 147 Å². The lowest BCUT2D eigenvalue weighted by Crippen LogP contribution is -2.47. The maximum absolute atomic E-state index is 12.8. The average Bonchev–Trinajstić information content (AvgIpc) is 3.09. The second-order valence-corrected chi connectivity index (χ2v) is 5.83. The maximum Gasteiger partial charge on any atom is 0.319 e. The Kier molecular flexibility index (Phi) is 8.07. The van der Waals surface area contributed by atoms with E-state index >= 15 is 0 Å². The quantitative estimate of drug-likeness (QED) is 0.436. The van der Waals surface area contributed by atoms with E-state index in [1.807, 2.05) is 0 Å². The van der Waals surface area contributed by atoms with Crippen molar-refractivity contribution < 1.29 is 18.3 Å². The molecule has 0 saturated carbocycles. The van der Waals surface area contributed by atoms with Crippen LogP contribution in [0, 0.1) is 0 Å². The summed E-state index contributed by atoms with van der Waals surface area (Å²) >= 11 is 0. The molecular formula is C16H27F2N5O2. The molecular weight excluding hydrogens is 332 g/mol. The van der Waals surface area contributed by atoms with Crippen molar-refractivity contribution in [1.82, 2.24) is 19.8 Å². The molecule has 2 heterocycles. The summed E-state index contributed by atoms with van der Waals surface area (Å²) in [5.41, 5.74) is 0. The highest BCUT2D eigenvalue weighted by Gasteiger charge is 2.22. The molecule has 1 aliphatic rings. The van der Waals surface area contributed by atoms with Gasteiger partial charge in [-0.05, 0) is 19.3 Å². The molecule has 1 saturated heterocycles. The Balaban J connectivity index is 1.76. The summed E-state index contributed by atoms with van der Waals surface area (Å²) in [5.74, 6) is 0.981. The van der Waals surface area contributed by atoms with Crippen LogP contribution in [0.3, 0.4) is 0 Å². The molecule has 0 aromatic carbocycles. The van der Waals surface area contributed by atoms with Gasteiger partial charge in [0.05, 0.1) is 12.6 Å². The van der Waals surface area contributed by atoms with Crippen LogP contribution in [0.25, 0.3) is 0 Å². The first-order valence-corrected chi connectivity index (χ1v) is 8.51. The van der Waals surface area contributed by atoms with Gasteiger partial charge in [-0.25, -0.2) is 4.98 Å². The standard InChI is InChI=1S/C16H27F2N5O2/c1-19-16(21-12-14-20-6-9-23(14)15(17)18)22-7-4-13(5-8-22)25-11-3-10-24-2/h6,9,13,15H,3-5,7-8,10-12H2,1-2H3,(H,19,21). The van der Waals surface area contributed by atoms with Crippen molar-refractivity contribution in [1.29, 1.82) is 0 Å². The molecule has 1 aromatic heterocycles. The number of ether oxygens (including phenoxy) is 2. The number of aromatic nitrogens is 2. The number of imidazole rings is 1. The van der Waals surface area contributed by atoms with Gasteiger partial charge < -0.3 is 19.7 Å². The summed E-state index contributed by atoms with van der Waals surface area (Å²) in [6.45, 7) is 0.672. The minimum Gasteiger partial charge on any atom is -0.385 e. The number of hydrogen-bond acceptors (Lipinski definition) is 4. The zero-order valence-corrected chi connectivity index (χ0v) is 14.8. The van der Waals surface area contributed by atoms with E-state index in [9.17, 15) is 8.78 Å². The van der Waals surface area contributed by atoms with Gasteiger partial charge in [0.15, 0.2) is 5.96 Å². The van der Waals surface area contributed by atoms with E-state index in [1.165, 1.54) is 12.4 Å². The van der Waals surface area contributed by atoms with Gasteiger partial charge in [-0.3, -0.25) is 9.56 Å². The number of hydrogen-bond donors (Lipinski definition) is 1. The first-order chi connectivity index (χ1) is 12.2. The SMILES string of the molecule is CN=C(NCc1nccn1C(F)F)N1CCC(OCCCOC)CC1. The molecule has 1 fully saturated rings. The third-order valence-electron chi connectivity index (χ3n) is 4.16. The van der Waals surface area contributed by atoms with Crippen molar-refractivity contribution in [3.63, 3.8) is 0 Å². The molecule has 0 unspecified atom stereocenters. The number of likely N-dealkylation sites (tertiary alicyclic amines) is 1. The lowest BCUT2D eigenvalue weighted by molar-refractivity contribution is 0.00986. The first-order valence-electron chi connectivity index (χ1n) is 8.51. The number of halogens is 2. The minimum absolute atomic E-state index is 0.206. The molecule has 1 N–H and O–H groups in total. The van der Waals surface area contributed by atoms with Crippen molar-refractivity contribution in [3.05, 3.63) is 18.2 Å². The largest absolute Gasteiger partial charge is 0.385 e. The summed E-state index contributed by atoms with van der Waals surface area (Å²) in [4.78, 5) is 10.3. The predicted octanol–water partition coefficient (Wildman–Crippen LogP) is 1.87. The van der Waals surface area contributed by atoms with Gasteiger partial charge in [0, 0.05) is 52.9 Å². The molecule has 0 aliphatic carbocycles. The van der Waals surface area contributed by atoms with Crippen molar-refractivity contribution in [3.8, 4) is 0 Å². The van der Waals surface area contributed by atoms with E-state index < -0.39 is 6.55 Å². The molecule has 142 valence electrons. The molecule has 25 heavy (non-hydrogen) atoms. The Morgan fingerprint density at radius 2 is 2.16 bits per heavy atom. The molecule has 0 bridgehead atoms. The first kappa shape index (κ1) is 19.6. The number of nitrogens with one attached hydrogen (secondary N) is 1. The monoisotopic (exact) mass is 359 g/mol. The number of piperidine rings is 1. The van der Waals surface area contributed by atoms with E-state index in [2.05, 4.69) is 20.2 Å². The van der Waals surface area contributed by atoms with Crippen LogP contribution in [0.15, 0.2) is 17.4 Å². The van der Waals surface area contributed by atoms with Crippen molar-refractivity contribution in [2.24, 2.45) is 4.99 Å². The van der Waals surface area contributed by atoms with Crippen LogP contribution in [-0.2, 0) is 16.0 Å². The minimum atomic E-state index is -2.59. The number of alkyl halides is 2. The molecule has 2 rings (SSSR count). The maximum atomic E-state index is 12.8. The number of methoxy groups -OCH3 is 1. The van der Waals surface area contributed by atoms with Crippen molar-refractivity contribution in [2.75, 3.05) is 40.5 Å². The topological polar surface area (TPSA) is 63.9 Å². The second-order valence-electron chi connectivity index (χ2n) is 5.83. The normalized spacial score (nSPS) is 16.7. The zero-order chi connectivity index (χ0) is 18.1. The number of aliphatic imine (C=N–C) groups is 1. The van der Waals surface area contributed by atoms with Crippen molar-refractivity contribution in [2.45, 2.75) is 38.5 Å². The molecule has 1 aromatic rings. The molecule has 0 spiro atoms. The van der Waals surface area contributed by atoms with Gasteiger partial charge in [-0.15, -0.1) is 0 Å². The third kappa shape index (κ3) is 5.93. The summed E-state index contributed by atoms with van der Waals surface area (Å²) in [6, 6.07) is 0. The van der Waals surface area contributed by atoms with E-state index in [-0.39, 0.29) is 18.5 Å². The van der Waals surface area contributed by atoms with Gasteiger partial charge in [-0.1, -0.05) is 0 Å². The molecule has 0 radical (unpaired) electrons. The Morgan fingerprint density at radius 3 is 2.80 bits per heavy atom. The number of rotatable bonds is 8. The number of nitrogens with zero attached hydrogens (tertiary/aromatic N) is 4. The molecule has 0 amide bonds. The van der Waals surface area contributed by atoms with E-state index in [4.69, 9.17) is 9.47 Å². The van der Waals surface area contributed by atoms with Gasteiger partial charge >= 0.3 is 6.55 Å². The van der Waals surface area contributed by atoms with Gasteiger partial charge in [0.1, 0.15) is 5.82 Å². The molecule has 0 atom stereocenters. The van der Waals surface area contributed by atoms with Gasteiger partial charge in [0.25, 0.3) is 0 Å². The third-order valence-corrected chi connectivity index (χ3v) is 4.16. The van der Waals surface area contributed by atoms with Crippen LogP contribution in [0.5, 0.6) is 0 Å². The van der Waals surface area contributed by atoms with Crippen molar-refractivity contribution >= 4 is 5.96 Å². The van der Waals surface area contributed by atoms with E-state index in [0.29, 0.717) is 19.2 Å². The highest BCUT2D eigenvalue weighted by atomic mass is 19.3. The van der Waals surface area contributed by atoms with Gasteiger partial charge in [0.2, 0.25) is 0 Å². The van der Waals surface area contributed by atoms with Crippen LogP contribution in [-0.4, -0.2) is 67.0 Å². The molecule has 1 aliphatic heterocycles. The fraction of sp³-hybridized carbons (Fsp3) is 0.750. The fourth-order valence-electron chi connectivity index (χ4n) is 2.84. The summed E-state index contributed by atoms with van der Waals surface area (Å²) in [6.07, 6.45) is 5.63. The Morgan fingerprint density at radius 1 is 1.40 bits per heavy atom. The summed E-state index contributed by atoms with van der Waals surface area (Å²) < 4.78 is 37.4. The highest BCUT2D eigenvalue weighted by molar-refractivity contribution is 5.79. The summed E-state index contributed by atoms with van der Waals surface area (Å²) in [5, 5.41) is 3.11. The lowest BCUT2D eigenvalue weighted by atomic mass is 10.1. The Hall–Kier alpha value is -1.74. The highest BCUT2D eigenvalue weighted by Crippen LogP contribution is 2.15. The fourth-order valence-corrected chi connectivity index (χ4v) is 2.84. The van der Waals surface area contributed by atoms with Gasteiger partial charge in [-0.2, -0.15) is 8.78 Å². The molecule has 7 nitrogen and oxygen atoms in total. The van der Waals surface area contributed by atoms with Crippen LogP contribution >= 0.6 is 0 Å². The zero-order valence-electron chi connectivity index (χ0n) is 14.8. The van der Waals surface area contributed by atoms with Crippen LogP contribution in [0.4, 0.5) is 8.78 Å². The van der Waals surface area contributed by atoms with E-state index in [0.717, 1.165) is 36.9 Å². The van der Waals surface area contributed by atoms with Crippen LogP contribution in [0.1, 0.15) is 31.6 Å². The predicted molar refractivity (Wildman–Crippen MR) is 90.7 cm³/mol. The Bertz CT molecular complexity index is 530.